The van der Waals surface area contributed by atoms with Crippen LogP contribution in [0.2, 0.25) is 0 Å². The number of nitrogens with one attached hydrogen (secondary N) is 6. The van der Waals surface area contributed by atoms with Gasteiger partial charge >= 0.3 is 0 Å². The number of carbonyl (C=O) groups excluding carboxylic acids is 6. The number of ether oxygens (including phenoxy) is 4. The van der Waals surface area contributed by atoms with Crippen molar-refractivity contribution in [1.82, 2.24) is 51.0 Å². The molecule has 0 unspecified atom stereocenters. The second-order valence-electron chi connectivity index (χ2n) is 23.4. The topological polar surface area (TPSA) is 251 Å². The van der Waals surface area contributed by atoms with E-state index >= 15 is 0 Å². The van der Waals surface area contributed by atoms with Gasteiger partial charge in [0.15, 0.2) is 0 Å². The largest absolute Gasteiger partial charge is 0.497 e. The van der Waals surface area contributed by atoms with E-state index in [1.165, 1.54) is 36.9 Å². The lowest BCUT2D eigenvalue weighted by Crippen LogP contribution is -2.66. The van der Waals surface area contributed by atoms with E-state index in [9.17, 15) is 37.5 Å². The highest BCUT2D eigenvalue weighted by molar-refractivity contribution is 5.99. The van der Waals surface area contributed by atoms with Gasteiger partial charge in [0.2, 0.25) is 23.6 Å². The number of imidazole rings is 2. The molecule has 6 N–H and O–H groups in total. The highest BCUT2D eigenvalue weighted by atomic mass is 19.1. The lowest BCUT2D eigenvalue weighted by atomic mass is 9.84. The van der Waals surface area contributed by atoms with Crippen molar-refractivity contribution in [2.45, 2.75) is 101 Å². The third-order valence-electron chi connectivity index (χ3n) is 16.6. The number of hydrogen-bond acceptors (Lipinski definition) is 12. The van der Waals surface area contributed by atoms with Gasteiger partial charge in [-0.25, -0.2) is 18.7 Å². The first-order chi connectivity index (χ1) is 45.6. The molecular formula is C72H80F2N10O10. The molecule has 6 aromatic carbocycles. The molecule has 0 spiro atoms. The number of hydrogen-bond donors (Lipinski definition) is 6. The Bertz CT molecular complexity index is 3720. The molecule has 0 aliphatic carbocycles. The van der Waals surface area contributed by atoms with E-state index in [0.29, 0.717) is 52.8 Å². The average molecular weight is 1280 g/mol. The van der Waals surface area contributed by atoms with Crippen molar-refractivity contribution in [1.29, 1.82) is 0 Å². The molecule has 0 bridgehead atoms. The molecule has 2 fully saturated rings. The molecule has 0 saturated carbocycles. The first kappa shape index (κ1) is 68.3. The van der Waals surface area contributed by atoms with E-state index in [0.717, 1.165) is 42.4 Å². The Kier molecular flexibility index (Phi) is 24.0. The smallest absolute Gasteiger partial charge is 0.251 e. The summed E-state index contributed by atoms with van der Waals surface area (Å²) in [5.74, 6) is -1.87. The zero-order valence-corrected chi connectivity index (χ0v) is 53.2. The van der Waals surface area contributed by atoms with Crippen molar-refractivity contribution in [3.63, 3.8) is 0 Å². The molecule has 22 heteroatoms. The summed E-state index contributed by atoms with van der Waals surface area (Å²) >= 11 is 0. The maximum Gasteiger partial charge on any atom is 0.251 e. The summed E-state index contributed by atoms with van der Waals surface area (Å²) in [6.07, 6.45) is 10.4. The van der Waals surface area contributed by atoms with Crippen LogP contribution >= 0.6 is 0 Å². The molecule has 8 aromatic rings. The van der Waals surface area contributed by atoms with Crippen LogP contribution in [0, 0.1) is 11.6 Å². The van der Waals surface area contributed by atoms with Gasteiger partial charge in [0.25, 0.3) is 11.8 Å². The molecule has 4 heterocycles. The molecule has 2 aromatic heterocycles. The number of H-pyrrole nitrogens is 2. The summed E-state index contributed by atoms with van der Waals surface area (Å²) in [6, 6.07) is 40.3. The Morgan fingerprint density at radius 3 is 1.30 bits per heavy atom. The Labute approximate surface area is 545 Å². The van der Waals surface area contributed by atoms with Crippen molar-refractivity contribution >= 4 is 35.4 Å². The third kappa shape index (κ3) is 18.2. The van der Waals surface area contributed by atoms with Crippen molar-refractivity contribution in [2.24, 2.45) is 0 Å². The summed E-state index contributed by atoms with van der Waals surface area (Å²) in [6.45, 7) is 6.00. The number of halogens is 2. The number of aromatic amines is 2. The molecule has 10 rings (SSSR count). The van der Waals surface area contributed by atoms with E-state index in [-0.39, 0.29) is 75.3 Å². The van der Waals surface area contributed by atoms with E-state index < -0.39 is 59.0 Å². The van der Waals surface area contributed by atoms with Gasteiger partial charge < -0.3 is 60.0 Å². The summed E-state index contributed by atoms with van der Waals surface area (Å²) in [5, 5.41) is 11.5. The highest BCUT2D eigenvalue weighted by Crippen LogP contribution is 2.39. The second kappa shape index (κ2) is 33.0. The van der Waals surface area contributed by atoms with Crippen LogP contribution in [0.3, 0.4) is 0 Å². The number of unbranched alkanes of at least 4 members (excludes halogenated alkanes) is 2. The van der Waals surface area contributed by atoms with Crippen LogP contribution in [-0.2, 0) is 65.5 Å². The van der Waals surface area contributed by atoms with Crippen molar-refractivity contribution < 1.29 is 56.5 Å². The Morgan fingerprint density at radius 2 is 0.915 bits per heavy atom. The van der Waals surface area contributed by atoms with Gasteiger partial charge in [-0.1, -0.05) is 112 Å². The Balaban J connectivity index is 0.000000221. The van der Waals surface area contributed by atoms with Crippen LogP contribution in [0.25, 0.3) is 0 Å². The van der Waals surface area contributed by atoms with Gasteiger partial charge in [0.05, 0.1) is 53.1 Å². The van der Waals surface area contributed by atoms with Crippen LogP contribution in [0.15, 0.2) is 183 Å². The van der Waals surface area contributed by atoms with E-state index in [2.05, 4.69) is 55.1 Å². The van der Waals surface area contributed by atoms with Crippen molar-refractivity contribution in [3.8, 4) is 11.5 Å². The maximum atomic E-state index is 14.3. The summed E-state index contributed by atoms with van der Waals surface area (Å²) < 4.78 is 51.2. The highest BCUT2D eigenvalue weighted by Gasteiger charge is 2.51. The van der Waals surface area contributed by atoms with Crippen LogP contribution in [0.4, 0.5) is 8.78 Å². The fourth-order valence-electron chi connectivity index (χ4n) is 11.2. The molecule has 4 atom stereocenters. The molecule has 492 valence electrons. The van der Waals surface area contributed by atoms with Crippen LogP contribution in [-0.4, -0.2) is 143 Å². The molecule has 94 heavy (non-hydrogen) atoms. The number of methoxy groups -OCH3 is 2. The minimum absolute atomic E-state index is 0.130. The normalized spacial score (nSPS) is 14.8. The molecule has 2 saturated heterocycles. The minimum atomic E-state index is -1.01. The maximum absolute atomic E-state index is 14.3. The number of likely N-dealkylation sites (tertiary alicyclic amines) is 2. The first-order valence-corrected chi connectivity index (χ1v) is 31.5. The van der Waals surface area contributed by atoms with E-state index in [4.69, 9.17) is 18.9 Å². The van der Waals surface area contributed by atoms with E-state index in [1.807, 2.05) is 30.3 Å². The minimum Gasteiger partial charge on any atom is -0.497 e. The molecular weight excluding hydrogens is 1200 g/mol. The standard InChI is InChI=1S/2C36H40FN5O5/c1-3-4-17-47-36(27-11-8-12-28(37)19-27)22-42(23-36)35(45)32(18-25-13-15-30(46-2)16-14-25)41-34(44)31(20-29-21-38-24-39-29)40-33(43)26-9-6-5-7-10-26;1-3-4-18-47-36(27-12-14-28(37)15-13-27)22-42(23-36)35(45)32(19-25-10-16-30(46-2)17-11-25)41-34(44)31(20-29-21-38-24-39-29)40-33(43)26-8-6-5-7-9-26/h5-16,19,21,24,31-32H,3-4,17-18,20,22-23H2,1-2H3,(H,38,39)(H,40,43)(H,41,44);5-17,21,24,31-32H,3-4,18-20,22-23H2,1-2H3,(H,38,39)(H,40,43)(H,41,44)/t2*31-,32-/m00/s1. The van der Waals surface area contributed by atoms with Gasteiger partial charge in [-0.3, -0.25) is 28.8 Å². The Hall–Kier alpha value is -10.1. The van der Waals surface area contributed by atoms with Crippen molar-refractivity contribution in [2.75, 3.05) is 53.6 Å². The SMILES string of the molecule is CCCCOC1(c2ccc(F)cc2)CN(C(=O)[C@H](Cc2ccc(OC)cc2)NC(=O)[C@H](Cc2cnc[nH]2)NC(=O)c2ccccc2)C1.CCCCOC1(c2cccc(F)c2)CN(C(=O)[C@H](Cc2ccc(OC)cc2)NC(=O)[C@H](Cc2cnc[nH]2)NC(=O)c2ccccc2)C1. The Morgan fingerprint density at radius 1 is 0.489 bits per heavy atom. The predicted octanol–water partition coefficient (Wildman–Crippen LogP) is 8.36. The number of benzene rings is 6. The molecule has 20 nitrogen and oxygen atoms in total. The number of nitrogens with zero attached hydrogens (tertiary/aromatic N) is 4. The third-order valence-corrected chi connectivity index (χ3v) is 16.6. The van der Waals surface area contributed by atoms with Gasteiger partial charge in [-0.15, -0.1) is 0 Å². The number of rotatable bonds is 30. The summed E-state index contributed by atoms with van der Waals surface area (Å²) in [4.78, 5) is 99.7. The molecule has 6 amide bonds. The monoisotopic (exact) mass is 1280 g/mol. The molecule has 0 radical (unpaired) electrons. The van der Waals surface area contributed by atoms with Crippen LogP contribution in [0.5, 0.6) is 11.5 Å². The lowest BCUT2D eigenvalue weighted by Gasteiger charge is -2.51. The summed E-state index contributed by atoms with van der Waals surface area (Å²) in [5.41, 5.74) is 3.53. The fraction of sp³-hybridized carbons (Fsp3) is 0.333. The lowest BCUT2D eigenvalue weighted by molar-refractivity contribution is -0.175. The quantitative estimate of drug-likeness (QED) is 0.0232. The first-order valence-electron chi connectivity index (χ1n) is 31.5. The summed E-state index contributed by atoms with van der Waals surface area (Å²) in [7, 11) is 3.15. The zero-order chi connectivity index (χ0) is 66.5. The van der Waals surface area contributed by atoms with Crippen molar-refractivity contribution in [3.05, 3.63) is 239 Å². The average Bonchev–Trinajstić information content (AvgIpc) is 0.823. The van der Waals surface area contributed by atoms with Gasteiger partial charge in [0, 0.05) is 73.8 Å². The van der Waals surface area contributed by atoms with Crippen LogP contribution in [0.1, 0.15) is 93.9 Å². The molecule has 2 aliphatic rings. The van der Waals surface area contributed by atoms with Gasteiger partial charge in [-0.2, -0.15) is 0 Å². The fourth-order valence-corrected chi connectivity index (χ4v) is 11.2. The number of amides is 6. The van der Waals surface area contributed by atoms with Gasteiger partial charge in [-0.05, 0) is 108 Å². The predicted molar refractivity (Wildman–Crippen MR) is 348 cm³/mol. The second-order valence-corrected chi connectivity index (χ2v) is 23.4. The van der Waals surface area contributed by atoms with Gasteiger partial charge in [0.1, 0.15) is 58.5 Å². The van der Waals surface area contributed by atoms with Crippen LogP contribution < -0.4 is 30.7 Å². The molecule has 2 aliphatic heterocycles. The number of aromatic nitrogens is 4. The van der Waals surface area contributed by atoms with E-state index in [1.54, 1.807) is 140 Å². The zero-order valence-electron chi connectivity index (χ0n) is 53.2. The number of carbonyl (C=O) groups is 6.